The minimum absolute atomic E-state index is 0.0463. The Kier molecular flexibility index (Phi) is 1.97. The van der Waals surface area contributed by atoms with Gasteiger partial charge in [-0.15, -0.1) is 11.3 Å². The van der Waals surface area contributed by atoms with E-state index in [1.54, 1.807) is 17.6 Å². The molecule has 4 nitrogen and oxygen atoms in total. The van der Waals surface area contributed by atoms with Gasteiger partial charge in [0.05, 0.1) is 0 Å². The maximum atomic E-state index is 8.32. The van der Waals surface area contributed by atoms with E-state index in [1.165, 1.54) is 11.3 Å². The van der Waals surface area contributed by atoms with Crippen LogP contribution in [-0.2, 0) is 0 Å². The summed E-state index contributed by atoms with van der Waals surface area (Å²) < 4.78 is 0. The fraction of sp³-hybridized carbons (Fsp3) is 0. The van der Waals surface area contributed by atoms with E-state index in [4.69, 9.17) is 10.5 Å². The second-order valence-corrected chi connectivity index (χ2v) is 2.29. The summed E-state index contributed by atoms with van der Waals surface area (Å²) in [6.45, 7) is 0. The first-order valence-corrected chi connectivity index (χ1v) is 3.28. The number of oxime groups is 1. The Labute approximate surface area is 61.1 Å². The molecule has 1 N–H and O–H groups in total. The Morgan fingerprint density at radius 3 is 3.10 bits per heavy atom. The highest BCUT2D eigenvalue weighted by atomic mass is 32.1. The summed E-state index contributed by atoms with van der Waals surface area (Å²) in [5.41, 5.74) is -0.0463. The van der Waals surface area contributed by atoms with E-state index in [0.29, 0.717) is 5.01 Å². The third-order valence-corrected chi connectivity index (χ3v) is 1.62. The molecule has 10 heavy (non-hydrogen) atoms. The normalized spacial score (nSPS) is 10.9. The van der Waals surface area contributed by atoms with Gasteiger partial charge in [-0.1, -0.05) is 5.16 Å². The zero-order valence-corrected chi connectivity index (χ0v) is 5.67. The van der Waals surface area contributed by atoms with Crippen LogP contribution >= 0.6 is 11.3 Å². The van der Waals surface area contributed by atoms with Crippen molar-refractivity contribution >= 4 is 17.0 Å². The van der Waals surface area contributed by atoms with Crippen LogP contribution in [0.15, 0.2) is 16.7 Å². The van der Waals surface area contributed by atoms with Gasteiger partial charge in [-0.25, -0.2) is 4.98 Å². The molecule has 0 fully saturated rings. The molecule has 0 aliphatic carbocycles. The van der Waals surface area contributed by atoms with Crippen LogP contribution in [0.25, 0.3) is 0 Å². The number of aromatic nitrogens is 1. The summed E-state index contributed by atoms with van der Waals surface area (Å²) in [4.78, 5) is 3.76. The van der Waals surface area contributed by atoms with E-state index in [-0.39, 0.29) is 5.71 Å². The lowest BCUT2D eigenvalue weighted by atomic mass is 10.4. The number of nitrogens with zero attached hydrogens (tertiary/aromatic N) is 3. The molecule has 1 aromatic rings. The largest absolute Gasteiger partial charge is 0.410 e. The van der Waals surface area contributed by atoms with E-state index in [0.717, 1.165) is 0 Å². The molecule has 1 aromatic heterocycles. The van der Waals surface area contributed by atoms with E-state index in [2.05, 4.69) is 10.1 Å². The Morgan fingerprint density at radius 2 is 2.70 bits per heavy atom. The summed E-state index contributed by atoms with van der Waals surface area (Å²) in [5, 5.41) is 21.4. The van der Waals surface area contributed by atoms with Gasteiger partial charge in [-0.3, -0.25) is 0 Å². The van der Waals surface area contributed by atoms with Crippen molar-refractivity contribution in [3.05, 3.63) is 16.6 Å². The number of rotatable bonds is 1. The third-order valence-electron chi connectivity index (χ3n) is 0.841. The smallest absolute Gasteiger partial charge is 0.215 e. The van der Waals surface area contributed by atoms with Crippen molar-refractivity contribution in [2.75, 3.05) is 0 Å². The zero-order valence-electron chi connectivity index (χ0n) is 4.85. The molecule has 0 spiro atoms. The summed E-state index contributed by atoms with van der Waals surface area (Å²) in [5.74, 6) is 0. The van der Waals surface area contributed by atoms with Crippen molar-refractivity contribution in [3.63, 3.8) is 0 Å². The van der Waals surface area contributed by atoms with Crippen molar-refractivity contribution in [2.45, 2.75) is 0 Å². The predicted octanol–water partition coefficient (Wildman–Crippen LogP) is 0.845. The summed E-state index contributed by atoms with van der Waals surface area (Å²) in [6.07, 6.45) is 1.54. The fourth-order valence-electron chi connectivity index (χ4n) is 0.453. The Morgan fingerprint density at radius 1 is 1.90 bits per heavy atom. The number of hydrogen-bond donors (Lipinski definition) is 1. The highest BCUT2D eigenvalue weighted by Crippen LogP contribution is 2.04. The topological polar surface area (TPSA) is 69.3 Å². The molecular formula is C5H3N3OS. The molecule has 0 aliphatic rings. The van der Waals surface area contributed by atoms with Gasteiger partial charge in [-0.05, 0) is 0 Å². The number of thiazole rings is 1. The first kappa shape index (κ1) is 6.71. The number of nitriles is 1. The van der Waals surface area contributed by atoms with Crippen LogP contribution in [0.2, 0.25) is 0 Å². The van der Waals surface area contributed by atoms with Crippen LogP contribution < -0.4 is 0 Å². The second-order valence-electron chi connectivity index (χ2n) is 1.40. The van der Waals surface area contributed by atoms with Crippen LogP contribution in [0.4, 0.5) is 0 Å². The maximum Gasteiger partial charge on any atom is 0.215 e. The van der Waals surface area contributed by atoms with Crippen LogP contribution in [-0.4, -0.2) is 15.9 Å². The zero-order chi connectivity index (χ0) is 7.40. The van der Waals surface area contributed by atoms with Gasteiger partial charge in [0.15, 0.2) is 5.01 Å². The van der Waals surface area contributed by atoms with Crippen LogP contribution in [0.5, 0.6) is 0 Å². The van der Waals surface area contributed by atoms with Crippen molar-refractivity contribution in [1.29, 1.82) is 5.26 Å². The van der Waals surface area contributed by atoms with E-state index in [1.807, 2.05) is 0 Å². The van der Waals surface area contributed by atoms with Crippen molar-refractivity contribution < 1.29 is 5.21 Å². The Hall–Kier alpha value is -1.41. The van der Waals surface area contributed by atoms with Gasteiger partial charge in [-0.2, -0.15) is 5.26 Å². The molecule has 0 aromatic carbocycles. The average molecular weight is 153 g/mol. The molecule has 0 aliphatic heterocycles. The second kappa shape index (κ2) is 2.94. The maximum absolute atomic E-state index is 8.32. The van der Waals surface area contributed by atoms with Gasteiger partial charge in [0.2, 0.25) is 5.71 Å². The minimum Gasteiger partial charge on any atom is -0.410 e. The van der Waals surface area contributed by atoms with Gasteiger partial charge in [0.1, 0.15) is 6.07 Å². The molecule has 0 saturated carbocycles. The third kappa shape index (κ3) is 1.11. The molecule has 0 unspecified atom stereocenters. The molecule has 1 rings (SSSR count). The monoisotopic (exact) mass is 153 g/mol. The standard InChI is InChI=1S/C5H3N3OS/c6-3-4(8-9)5-7-1-2-10-5/h1-2,9H/b8-4+. The highest BCUT2D eigenvalue weighted by molar-refractivity contribution is 7.11. The molecule has 0 atom stereocenters. The lowest BCUT2D eigenvalue weighted by molar-refractivity contribution is 0.320. The van der Waals surface area contributed by atoms with Crippen molar-refractivity contribution in [1.82, 2.24) is 4.98 Å². The van der Waals surface area contributed by atoms with E-state index in [9.17, 15) is 0 Å². The quantitative estimate of drug-likeness (QED) is 0.369. The van der Waals surface area contributed by atoms with Gasteiger partial charge >= 0.3 is 0 Å². The molecular weight excluding hydrogens is 150 g/mol. The molecule has 0 bridgehead atoms. The lowest BCUT2D eigenvalue weighted by Gasteiger charge is -1.82. The van der Waals surface area contributed by atoms with Crippen LogP contribution in [0.1, 0.15) is 5.01 Å². The lowest BCUT2D eigenvalue weighted by Crippen LogP contribution is -1.94. The predicted molar refractivity (Wildman–Crippen MR) is 36.1 cm³/mol. The van der Waals surface area contributed by atoms with Crippen molar-refractivity contribution in [2.24, 2.45) is 5.16 Å². The molecule has 1 heterocycles. The molecule has 50 valence electrons. The number of hydrogen-bond acceptors (Lipinski definition) is 5. The Bertz CT molecular complexity index is 272. The van der Waals surface area contributed by atoms with Gasteiger partial charge < -0.3 is 5.21 Å². The van der Waals surface area contributed by atoms with Gasteiger partial charge in [0, 0.05) is 11.6 Å². The summed E-state index contributed by atoms with van der Waals surface area (Å²) >= 11 is 1.26. The molecule has 0 amide bonds. The summed E-state index contributed by atoms with van der Waals surface area (Å²) in [6, 6.07) is 1.70. The van der Waals surface area contributed by atoms with E-state index >= 15 is 0 Å². The fourth-order valence-corrected chi connectivity index (χ4v) is 1.02. The molecule has 0 radical (unpaired) electrons. The molecule has 0 saturated heterocycles. The highest BCUT2D eigenvalue weighted by Gasteiger charge is 2.03. The first-order valence-electron chi connectivity index (χ1n) is 2.40. The Balaban J connectivity index is 2.99. The van der Waals surface area contributed by atoms with E-state index < -0.39 is 0 Å². The first-order chi connectivity index (χ1) is 4.88. The SMILES string of the molecule is N#C/C(=N\O)c1nccs1. The van der Waals surface area contributed by atoms with Crippen LogP contribution in [0.3, 0.4) is 0 Å². The van der Waals surface area contributed by atoms with Crippen molar-refractivity contribution in [3.8, 4) is 6.07 Å². The summed E-state index contributed by atoms with van der Waals surface area (Å²) in [7, 11) is 0. The molecule has 5 heteroatoms. The minimum atomic E-state index is -0.0463. The van der Waals surface area contributed by atoms with Gasteiger partial charge in [0.25, 0.3) is 0 Å². The van der Waals surface area contributed by atoms with Crippen LogP contribution in [0, 0.1) is 11.3 Å². The average Bonchev–Trinajstić information content (AvgIpc) is 2.43.